The van der Waals surface area contributed by atoms with Crippen LogP contribution in [0.2, 0.25) is 13.3 Å². The Hall–Kier alpha value is -0.511. The van der Waals surface area contributed by atoms with E-state index < -0.39 is 18.4 Å². The summed E-state index contributed by atoms with van der Waals surface area (Å²) in [6.07, 6.45) is 7.92. The zero-order valence-electron chi connectivity index (χ0n) is 15.6. The van der Waals surface area contributed by atoms with Crippen molar-refractivity contribution in [2.45, 2.75) is 72.6 Å². The van der Waals surface area contributed by atoms with E-state index in [9.17, 15) is 4.79 Å². The molecule has 0 heterocycles. The van der Waals surface area contributed by atoms with Crippen molar-refractivity contribution < 1.29 is 4.79 Å². The summed E-state index contributed by atoms with van der Waals surface area (Å²) in [6, 6.07) is 8.63. The Labute approximate surface area is 147 Å². The van der Waals surface area contributed by atoms with Gasteiger partial charge in [0.1, 0.15) is 0 Å². The molecule has 0 aliphatic carbocycles. The molecule has 0 saturated carbocycles. The van der Waals surface area contributed by atoms with E-state index in [1.54, 1.807) is 10.6 Å². The quantitative estimate of drug-likeness (QED) is 0.492. The minimum atomic E-state index is -2.40. The fourth-order valence-electron chi connectivity index (χ4n) is 3.49. The molecule has 0 aromatic heterocycles. The number of nitrogens with one attached hydrogen (secondary N) is 1. The molecule has 0 spiro atoms. The number of hydrogen-bond donors (Lipinski definition) is 1. The summed E-state index contributed by atoms with van der Waals surface area (Å²) < 4.78 is 5.92. The summed E-state index contributed by atoms with van der Waals surface area (Å²) in [5, 5.41) is 2.77. The molecular formula is C20H35NOSn. The van der Waals surface area contributed by atoms with Crippen LogP contribution in [0.1, 0.15) is 69.7 Å². The Kier molecular flexibility index (Phi) is 9.92. The van der Waals surface area contributed by atoms with Crippen molar-refractivity contribution in [3.63, 3.8) is 0 Å². The summed E-state index contributed by atoms with van der Waals surface area (Å²) in [5.74, 6) is 0.0495. The Balaban J connectivity index is 3.20. The van der Waals surface area contributed by atoms with E-state index in [0.717, 1.165) is 5.56 Å². The number of carbonyl (C=O) groups excluding carboxylic acids is 1. The third-order valence-corrected chi connectivity index (χ3v) is 20.6. The summed E-state index contributed by atoms with van der Waals surface area (Å²) >= 11 is -2.40. The number of benzene rings is 1. The van der Waals surface area contributed by atoms with E-state index in [1.165, 1.54) is 51.8 Å². The van der Waals surface area contributed by atoms with E-state index in [4.69, 9.17) is 0 Å². The van der Waals surface area contributed by atoms with Crippen LogP contribution in [0.5, 0.6) is 0 Å². The van der Waals surface area contributed by atoms with Gasteiger partial charge in [0.25, 0.3) is 0 Å². The van der Waals surface area contributed by atoms with Gasteiger partial charge >= 0.3 is 147 Å². The van der Waals surface area contributed by atoms with Crippen LogP contribution in [-0.4, -0.2) is 31.3 Å². The average molecular weight is 424 g/mol. The molecule has 0 aliphatic rings. The molecule has 0 atom stereocenters. The molecule has 0 radical (unpaired) electrons. The van der Waals surface area contributed by atoms with Gasteiger partial charge in [0.15, 0.2) is 0 Å². The second kappa shape index (κ2) is 11.1. The van der Waals surface area contributed by atoms with Crippen molar-refractivity contribution in [2.75, 3.05) is 7.05 Å². The molecule has 1 N–H and O–H groups in total. The van der Waals surface area contributed by atoms with Crippen molar-refractivity contribution in [1.29, 1.82) is 0 Å². The molecule has 0 aliphatic heterocycles. The first-order valence-corrected chi connectivity index (χ1v) is 16.9. The van der Waals surface area contributed by atoms with Crippen molar-refractivity contribution in [3.05, 3.63) is 29.8 Å². The molecule has 0 unspecified atom stereocenters. The number of rotatable bonds is 11. The van der Waals surface area contributed by atoms with Crippen LogP contribution in [0.25, 0.3) is 0 Å². The fraction of sp³-hybridized carbons (Fsp3) is 0.650. The van der Waals surface area contributed by atoms with Gasteiger partial charge in [-0.15, -0.1) is 0 Å². The molecule has 130 valence electrons. The van der Waals surface area contributed by atoms with Gasteiger partial charge in [-0.1, -0.05) is 0 Å². The fourth-order valence-corrected chi connectivity index (χ4v) is 19.5. The molecule has 0 saturated heterocycles. The first-order chi connectivity index (χ1) is 11.1. The number of carbonyl (C=O) groups is 1. The van der Waals surface area contributed by atoms with Gasteiger partial charge in [-0.3, -0.25) is 0 Å². The van der Waals surface area contributed by atoms with Gasteiger partial charge < -0.3 is 0 Å². The average Bonchev–Trinajstić information content (AvgIpc) is 2.61. The van der Waals surface area contributed by atoms with Gasteiger partial charge in [-0.2, -0.15) is 0 Å². The van der Waals surface area contributed by atoms with E-state index >= 15 is 0 Å². The predicted octanol–water partition coefficient (Wildman–Crippen LogP) is 5.10. The molecule has 2 nitrogen and oxygen atoms in total. The molecule has 1 aromatic carbocycles. The summed E-state index contributed by atoms with van der Waals surface area (Å²) in [5.41, 5.74) is 0.843. The summed E-state index contributed by atoms with van der Waals surface area (Å²) in [4.78, 5) is 12.0. The molecule has 1 rings (SSSR count). The van der Waals surface area contributed by atoms with Crippen molar-refractivity contribution in [2.24, 2.45) is 0 Å². The van der Waals surface area contributed by atoms with Crippen molar-refractivity contribution >= 4 is 27.9 Å². The first-order valence-electron chi connectivity index (χ1n) is 9.46. The van der Waals surface area contributed by atoms with E-state index in [-0.39, 0.29) is 5.91 Å². The molecular weight excluding hydrogens is 389 g/mol. The van der Waals surface area contributed by atoms with Gasteiger partial charge in [0.2, 0.25) is 0 Å². The molecule has 1 amide bonds. The third kappa shape index (κ3) is 6.13. The Morgan fingerprint density at radius 2 is 1.48 bits per heavy atom. The van der Waals surface area contributed by atoms with Crippen LogP contribution in [0, 0.1) is 0 Å². The number of unbranched alkanes of at least 4 members (excludes halogenated alkanes) is 3. The van der Waals surface area contributed by atoms with Gasteiger partial charge in [-0.05, 0) is 0 Å². The van der Waals surface area contributed by atoms with Crippen LogP contribution >= 0.6 is 0 Å². The van der Waals surface area contributed by atoms with Crippen LogP contribution in [0.4, 0.5) is 0 Å². The molecule has 0 fully saturated rings. The zero-order chi connectivity index (χ0) is 17.1. The maximum atomic E-state index is 12.0. The van der Waals surface area contributed by atoms with Crippen LogP contribution < -0.4 is 8.90 Å². The van der Waals surface area contributed by atoms with Crippen molar-refractivity contribution in [1.82, 2.24) is 5.32 Å². The van der Waals surface area contributed by atoms with Crippen molar-refractivity contribution in [3.8, 4) is 0 Å². The summed E-state index contributed by atoms with van der Waals surface area (Å²) in [7, 11) is 1.72. The summed E-state index contributed by atoms with van der Waals surface area (Å²) in [6.45, 7) is 6.91. The van der Waals surface area contributed by atoms with Crippen LogP contribution in [-0.2, 0) is 0 Å². The Bertz CT molecular complexity index is 451. The van der Waals surface area contributed by atoms with Crippen LogP contribution in [0.3, 0.4) is 0 Å². The number of amides is 1. The number of hydrogen-bond acceptors (Lipinski definition) is 1. The first kappa shape index (κ1) is 20.5. The van der Waals surface area contributed by atoms with Gasteiger partial charge in [0.05, 0.1) is 0 Å². The molecule has 23 heavy (non-hydrogen) atoms. The van der Waals surface area contributed by atoms with Crippen LogP contribution in [0.15, 0.2) is 24.3 Å². The Morgan fingerprint density at radius 3 is 1.91 bits per heavy atom. The van der Waals surface area contributed by atoms with E-state index in [1.807, 2.05) is 6.07 Å². The maximum absolute atomic E-state index is 12.0. The third-order valence-electron chi connectivity index (χ3n) is 4.99. The molecule has 1 aromatic rings. The van der Waals surface area contributed by atoms with Gasteiger partial charge in [0, 0.05) is 0 Å². The minimum absolute atomic E-state index is 0.0495. The Morgan fingerprint density at radius 1 is 0.957 bits per heavy atom. The second-order valence-electron chi connectivity index (χ2n) is 6.75. The zero-order valence-corrected chi connectivity index (χ0v) is 18.4. The normalized spacial score (nSPS) is 11.5. The van der Waals surface area contributed by atoms with Gasteiger partial charge in [-0.25, -0.2) is 0 Å². The topological polar surface area (TPSA) is 29.1 Å². The second-order valence-corrected chi connectivity index (χ2v) is 20.0. The van der Waals surface area contributed by atoms with E-state index in [0.29, 0.717) is 0 Å². The standard InChI is InChI=1S/C8H8NO.3C4H9.Sn/c1-9-8(10)7-5-3-2-4-6-7;3*1-3-4-2;/h2-3,5-6H,1H3,(H,9,10);3*1,3-4H2,2H3;. The monoisotopic (exact) mass is 425 g/mol. The SMILES string of the molecule is CCC[CH2][Sn]([CH2]CCC)([CH2]CCC)[c]1cccc(C(=O)NC)c1. The molecule has 0 bridgehead atoms. The van der Waals surface area contributed by atoms with E-state index in [2.05, 4.69) is 44.3 Å². The predicted molar refractivity (Wildman–Crippen MR) is 104 cm³/mol. The molecule has 3 heteroatoms.